The molecular weight excluding hydrogens is 304 g/mol. The lowest BCUT2D eigenvalue weighted by molar-refractivity contribution is 0.533. The maximum absolute atomic E-state index is 4.81. The van der Waals surface area contributed by atoms with Gasteiger partial charge >= 0.3 is 0 Å². The normalized spacial score (nSPS) is 11.2. The maximum Gasteiger partial charge on any atom is 0.140 e. The van der Waals surface area contributed by atoms with Crippen LogP contribution in [0.4, 0.5) is 0 Å². The first kappa shape index (κ1) is 19.8. The Morgan fingerprint density at radius 3 is 1.92 bits per heavy atom. The van der Waals surface area contributed by atoms with Gasteiger partial charge in [0.05, 0.1) is 5.69 Å². The van der Waals surface area contributed by atoms with Crippen LogP contribution in [-0.4, -0.2) is 9.55 Å². The molecule has 0 atom stereocenters. The number of unbranched alkanes of at least 4 members (excludes halogenated alkanes) is 9. The van der Waals surface area contributed by atoms with E-state index in [0.717, 1.165) is 18.1 Å². The van der Waals surface area contributed by atoms with Gasteiger partial charge in [0, 0.05) is 17.8 Å². The number of aryl methyl sites for hydroxylation is 1. The van der Waals surface area contributed by atoms with E-state index in [-0.39, 0.29) is 0 Å². The lowest BCUT2D eigenvalue weighted by Gasteiger charge is -2.10. The molecule has 0 unspecified atom stereocenters. The van der Waals surface area contributed by atoms with Crippen molar-refractivity contribution in [3.63, 3.8) is 0 Å². The van der Waals surface area contributed by atoms with E-state index in [4.69, 9.17) is 4.98 Å². The SMILES string of the molecule is CCCCCCCCCCCCn1c(-c2ccccc2)nc(C)c1C. The van der Waals surface area contributed by atoms with Crippen molar-refractivity contribution >= 4 is 0 Å². The van der Waals surface area contributed by atoms with Crippen molar-refractivity contribution in [2.75, 3.05) is 0 Å². The Balaban J connectivity index is 1.73. The number of aromatic nitrogens is 2. The molecule has 0 radical (unpaired) electrons. The lowest BCUT2D eigenvalue weighted by Crippen LogP contribution is -2.03. The Labute approximate surface area is 154 Å². The van der Waals surface area contributed by atoms with Crippen LogP contribution >= 0.6 is 0 Å². The molecule has 0 bridgehead atoms. The van der Waals surface area contributed by atoms with Crippen molar-refractivity contribution < 1.29 is 0 Å². The van der Waals surface area contributed by atoms with E-state index in [1.54, 1.807) is 0 Å². The minimum absolute atomic E-state index is 1.09. The van der Waals surface area contributed by atoms with Gasteiger partial charge in [-0.1, -0.05) is 95.0 Å². The average Bonchev–Trinajstić information content (AvgIpc) is 2.92. The first-order chi connectivity index (χ1) is 12.2. The first-order valence-electron chi connectivity index (χ1n) is 10.3. The molecular formula is C23H36N2. The Kier molecular flexibility index (Phi) is 8.79. The lowest BCUT2D eigenvalue weighted by atomic mass is 10.1. The zero-order valence-corrected chi connectivity index (χ0v) is 16.6. The van der Waals surface area contributed by atoms with Crippen LogP contribution in [0.5, 0.6) is 0 Å². The summed E-state index contributed by atoms with van der Waals surface area (Å²) in [6.07, 6.45) is 13.8. The average molecular weight is 341 g/mol. The molecule has 0 amide bonds. The van der Waals surface area contributed by atoms with E-state index >= 15 is 0 Å². The van der Waals surface area contributed by atoms with Crippen LogP contribution in [0.1, 0.15) is 82.5 Å². The summed E-state index contributed by atoms with van der Waals surface area (Å²) in [5.41, 5.74) is 3.70. The van der Waals surface area contributed by atoms with Gasteiger partial charge in [-0.2, -0.15) is 0 Å². The van der Waals surface area contributed by atoms with Crippen LogP contribution in [0.25, 0.3) is 11.4 Å². The molecule has 0 aliphatic carbocycles. The Hall–Kier alpha value is -1.57. The highest BCUT2D eigenvalue weighted by molar-refractivity contribution is 5.56. The van der Waals surface area contributed by atoms with Crippen LogP contribution in [-0.2, 0) is 6.54 Å². The number of hydrogen-bond acceptors (Lipinski definition) is 1. The number of benzene rings is 1. The summed E-state index contributed by atoms with van der Waals surface area (Å²) >= 11 is 0. The summed E-state index contributed by atoms with van der Waals surface area (Å²) in [5, 5.41) is 0. The van der Waals surface area contributed by atoms with Gasteiger partial charge in [-0.15, -0.1) is 0 Å². The van der Waals surface area contributed by atoms with Crippen molar-refractivity contribution in [3.05, 3.63) is 41.7 Å². The summed E-state index contributed by atoms with van der Waals surface area (Å²) in [7, 11) is 0. The molecule has 2 rings (SSSR count). The summed E-state index contributed by atoms with van der Waals surface area (Å²) in [6.45, 7) is 7.70. The van der Waals surface area contributed by atoms with Crippen molar-refractivity contribution in [3.8, 4) is 11.4 Å². The fraction of sp³-hybridized carbons (Fsp3) is 0.609. The Morgan fingerprint density at radius 2 is 1.32 bits per heavy atom. The van der Waals surface area contributed by atoms with E-state index < -0.39 is 0 Å². The quantitative estimate of drug-likeness (QED) is 0.377. The molecule has 25 heavy (non-hydrogen) atoms. The second-order valence-electron chi connectivity index (χ2n) is 7.31. The predicted molar refractivity (Wildman–Crippen MR) is 109 cm³/mol. The topological polar surface area (TPSA) is 17.8 Å². The van der Waals surface area contributed by atoms with Gasteiger partial charge in [0.1, 0.15) is 5.82 Å². The maximum atomic E-state index is 4.81. The third-order valence-electron chi connectivity index (χ3n) is 5.23. The van der Waals surface area contributed by atoms with Crippen molar-refractivity contribution in [2.24, 2.45) is 0 Å². The standard InChI is InChI=1S/C23H36N2/c1-4-5-6-7-8-9-10-11-12-16-19-25-21(3)20(2)24-23(25)22-17-14-13-15-18-22/h13-15,17-18H,4-12,16,19H2,1-3H3. The monoisotopic (exact) mass is 340 g/mol. The van der Waals surface area contributed by atoms with Gasteiger partial charge in [0.2, 0.25) is 0 Å². The minimum atomic E-state index is 1.09. The second kappa shape index (κ2) is 11.1. The smallest absolute Gasteiger partial charge is 0.140 e. The third-order valence-corrected chi connectivity index (χ3v) is 5.23. The highest BCUT2D eigenvalue weighted by Gasteiger charge is 2.12. The molecule has 138 valence electrons. The number of rotatable bonds is 12. The molecule has 0 saturated carbocycles. The highest BCUT2D eigenvalue weighted by Crippen LogP contribution is 2.22. The van der Waals surface area contributed by atoms with Gasteiger partial charge in [0.25, 0.3) is 0 Å². The van der Waals surface area contributed by atoms with E-state index in [1.165, 1.54) is 75.5 Å². The van der Waals surface area contributed by atoms with Crippen LogP contribution in [0, 0.1) is 13.8 Å². The zero-order valence-electron chi connectivity index (χ0n) is 16.6. The second-order valence-corrected chi connectivity index (χ2v) is 7.31. The molecule has 1 aromatic heterocycles. The Bertz CT molecular complexity index is 598. The molecule has 1 heterocycles. The molecule has 0 fully saturated rings. The first-order valence-corrected chi connectivity index (χ1v) is 10.3. The molecule has 0 spiro atoms. The van der Waals surface area contributed by atoms with Crippen LogP contribution in [0.3, 0.4) is 0 Å². The van der Waals surface area contributed by atoms with E-state index in [9.17, 15) is 0 Å². The molecule has 0 aliphatic rings. The van der Waals surface area contributed by atoms with Crippen LogP contribution in [0.15, 0.2) is 30.3 Å². The third kappa shape index (κ3) is 6.34. The zero-order chi connectivity index (χ0) is 17.9. The summed E-state index contributed by atoms with van der Waals surface area (Å²) in [4.78, 5) is 4.81. The summed E-state index contributed by atoms with van der Waals surface area (Å²) in [5.74, 6) is 1.13. The van der Waals surface area contributed by atoms with Gasteiger partial charge in [-0.25, -0.2) is 4.98 Å². The molecule has 1 aromatic carbocycles. The largest absolute Gasteiger partial charge is 0.328 e. The van der Waals surface area contributed by atoms with Crippen LogP contribution < -0.4 is 0 Å². The molecule has 0 aliphatic heterocycles. The molecule has 0 saturated heterocycles. The fourth-order valence-corrected chi connectivity index (χ4v) is 3.49. The van der Waals surface area contributed by atoms with Crippen molar-refractivity contribution in [1.29, 1.82) is 0 Å². The van der Waals surface area contributed by atoms with Crippen molar-refractivity contribution in [1.82, 2.24) is 9.55 Å². The van der Waals surface area contributed by atoms with Crippen LogP contribution in [0.2, 0.25) is 0 Å². The molecule has 0 N–H and O–H groups in total. The number of imidazole rings is 1. The molecule has 2 aromatic rings. The van der Waals surface area contributed by atoms with Gasteiger partial charge in [0.15, 0.2) is 0 Å². The van der Waals surface area contributed by atoms with Gasteiger partial charge < -0.3 is 4.57 Å². The van der Waals surface area contributed by atoms with Crippen molar-refractivity contribution in [2.45, 2.75) is 91.5 Å². The van der Waals surface area contributed by atoms with Gasteiger partial charge in [-0.05, 0) is 20.3 Å². The number of nitrogens with zero attached hydrogens (tertiary/aromatic N) is 2. The minimum Gasteiger partial charge on any atom is -0.328 e. The van der Waals surface area contributed by atoms with E-state index in [0.29, 0.717) is 0 Å². The molecule has 2 heteroatoms. The van der Waals surface area contributed by atoms with E-state index in [2.05, 4.69) is 55.7 Å². The number of hydrogen-bond donors (Lipinski definition) is 0. The highest BCUT2D eigenvalue weighted by atomic mass is 15.1. The fourth-order valence-electron chi connectivity index (χ4n) is 3.49. The van der Waals surface area contributed by atoms with E-state index in [1.807, 2.05) is 0 Å². The Morgan fingerprint density at radius 1 is 0.760 bits per heavy atom. The summed E-state index contributed by atoms with van der Waals surface area (Å²) in [6, 6.07) is 10.6. The predicted octanol–water partition coefficient (Wildman–Crippen LogP) is 7.09. The molecule has 2 nitrogen and oxygen atoms in total. The summed E-state index contributed by atoms with van der Waals surface area (Å²) < 4.78 is 2.41. The van der Waals surface area contributed by atoms with Gasteiger partial charge in [-0.3, -0.25) is 0 Å².